The van der Waals surface area contributed by atoms with Crippen LogP contribution in [0.4, 0.5) is 0 Å². The van der Waals surface area contributed by atoms with Gasteiger partial charge in [-0.25, -0.2) is 8.42 Å². The Morgan fingerprint density at radius 2 is 2.00 bits per heavy atom. The fraction of sp³-hybridized carbons (Fsp3) is 0.480. The number of aliphatic hydroxyl groups excluding tert-OH is 1. The van der Waals surface area contributed by atoms with Crippen LogP contribution in [0.1, 0.15) is 30.1 Å². The first-order valence-corrected chi connectivity index (χ1v) is 14.3. The van der Waals surface area contributed by atoms with E-state index in [9.17, 15) is 18.3 Å². The second-order valence-electron chi connectivity index (χ2n) is 8.76. The van der Waals surface area contributed by atoms with Gasteiger partial charge in [0.05, 0.1) is 25.2 Å². The van der Waals surface area contributed by atoms with Crippen molar-refractivity contribution in [1.82, 2.24) is 9.62 Å². The highest BCUT2D eigenvalue weighted by Gasteiger charge is 2.31. The van der Waals surface area contributed by atoms with E-state index in [1.807, 2.05) is 23.6 Å². The molecule has 196 valence electrons. The van der Waals surface area contributed by atoms with Gasteiger partial charge in [-0.3, -0.25) is 4.79 Å². The number of amides is 1. The highest BCUT2D eigenvalue weighted by atomic mass is 32.2. The summed E-state index contributed by atoms with van der Waals surface area (Å²) in [7, 11) is -2.34. The zero-order valence-corrected chi connectivity index (χ0v) is 21.8. The minimum Gasteiger partial charge on any atom is -0.497 e. The molecule has 0 saturated heterocycles. The maximum Gasteiger partial charge on any atom is 0.286 e. The van der Waals surface area contributed by atoms with Crippen LogP contribution in [0.3, 0.4) is 0 Å². The Morgan fingerprint density at radius 1 is 1.22 bits per heavy atom. The summed E-state index contributed by atoms with van der Waals surface area (Å²) in [5.74, 6) is 1.01. The largest absolute Gasteiger partial charge is 0.497 e. The molecule has 0 unspecified atom stereocenters. The number of hydrogen-bond donors (Lipinski definition) is 2. The van der Waals surface area contributed by atoms with Crippen molar-refractivity contribution in [2.24, 2.45) is 5.92 Å². The minimum atomic E-state index is -3.85. The molecule has 1 aromatic heterocycles. The fourth-order valence-corrected chi connectivity index (χ4v) is 6.14. The van der Waals surface area contributed by atoms with E-state index in [0.29, 0.717) is 24.6 Å². The lowest BCUT2D eigenvalue weighted by atomic mass is 9.99. The Bertz CT molecular complexity index is 1130. The van der Waals surface area contributed by atoms with Gasteiger partial charge in [-0.15, -0.1) is 11.3 Å². The zero-order valence-electron chi connectivity index (χ0n) is 20.2. The third-order valence-corrected chi connectivity index (χ3v) is 9.05. The number of hydrogen-bond acceptors (Lipinski definition) is 8. The summed E-state index contributed by atoms with van der Waals surface area (Å²) in [5, 5.41) is 14.4. The van der Waals surface area contributed by atoms with Crippen molar-refractivity contribution >= 4 is 27.3 Å². The number of nitrogens with one attached hydrogen (secondary N) is 1. The van der Waals surface area contributed by atoms with Crippen molar-refractivity contribution in [2.75, 3.05) is 40.0 Å². The standard InChI is InChI=1S/C25H32N2O7S2/c1-32-20-6-8-21(9-7-20)36(30,31)27(10-12-28)11-13-33-24-16-19(23-3-2-14-35-23)15-22(34-24)25(29)26-17-18-4-5-18/h2-3,6-9,14-15,18-19,24,28H,4-5,10-13,16-17H2,1H3,(H,26,29)/t19-,24+/m0/s1. The number of carbonyl (C=O) groups is 1. The van der Waals surface area contributed by atoms with Gasteiger partial charge in [-0.1, -0.05) is 6.07 Å². The lowest BCUT2D eigenvalue weighted by Crippen LogP contribution is -2.38. The molecule has 1 fully saturated rings. The Hall–Kier alpha value is -2.44. The van der Waals surface area contributed by atoms with Crippen molar-refractivity contribution in [3.63, 3.8) is 0 Å². The SMILES string of the molecule is COc1ccc(S(=O)(=O)N(CCO)CCO[C@H]2C[C@@H](c3cccs3)C=C(C(=O)NCC3CC3)O2)cc1. The van der Waals surface area contributed by atoms with Crippen LogP contribution < -0.4 is 10.1 Å². The number of nitrogens with zero attached hydrogens (tertiary/aromatic N) is 1. The fourth-order valence-electron chi connectivity index (χ4n) is 3.91. The molecule has 0 bridgehead atoms. The molecule has 1 amide bonds. The van der Waals surface area contributed by atoms with Gasteiger partial charge in [0.1, 0.15) is 5.75 Å². The molecular formula is C25H32N2O7S2. The third-order valence-electron chi connectivity index (χ3n) is 6.13. The van der Waals surface area contributed by atoms with Crippen molar-refractivity contribution in [2.45, 2.75) is 36.4 Å². The van der Waals surface area contributed by atoms with E-state index in [2.05, 4.69) is 5.32 Å². The van der Waals surface area contributed by atoms with Gasteiger partial charge in [-0.05, 0) is 60.5 Å². The number of aliphatic hydroxyl groups is 1. The van der Waals surface area contributed by atoms with Crippen LogP contribution in [-0.2, 0) is 24.3 Å². The number of benzene rings is 1. The summed E-state index contributed by atoms with van der Waals surface area (Å²) in [4.78, 5) is 13.9. The van der Waals surface area contributed by atoms with Gasteiger partial charge < -0.3 is 24.6 Å². The minimum absolute atomic E-state index is 0.0192. The molecule has 1 saturated carbocycles. The van der Waals surface area contributed by atoms with Crippen molar-refractivity contribution in [3.8, 4) is 5.75 Å². The zero-order chi connectivity index (χ0) is 25.5. The molecule has 9 nitrogen and oxygen atoms in total. The summed E-state index contributed by atoms with van der Waals surface area (Å²) in [6, 6.07) is 10.0. The van der Waals surface area contributed by atoms with E-state index in [0.717, 1.165) is 17.7 Å². The number of carbonyl (C=O) groups excluding carboxylic acids is 1. The van der Waals surface area contributed by atoms with Crippen LogP contribution >= 0.6 is 11.3 Å². The highest BCUT2D eigenvalue weighted by Crippen LogP contribution is 2.34. The van der Waals surface area contributed by atoms with E-state index in [4.69, 9.17) is 14.2 Å². The molecule has 0 radical (unpaired) electrons. The molecule has 1 aromatic carbocycles. The van der Waals surface area contributed by atoms with E-state index in [1.54, 1.807) is 23.5 Å². The molecule has 4 rings (SSSR count). The number of thiophene rings is 1. The monoisotopic (exact) mass is 536 g/mol. The van der Waals surface area contributed by atoms with E-state index >= 15 is 0 Å². The topological polar surface area (TPSA) is 114 Å². The van der Waals surface area contributed by atoms with Crippen LogP contribution in [0, 0.1) is 5.92 Å². The molecule has 1 aliphatic carbocycles. The summed E-state index contributed by atoms with van der Waals surface area (Å²) in [6.07, 6.45) is 3.90. The lowest BCUT2D eigenvalue weighted by molar-refractivity contribution is -0.146. The van der Waals surface area contributed by atoms with Crippen molar-refractivity contribution in [1.29, 1.82) is 0 Å². The molecule has 2 atom stereocenters. The lowest BCUT2D eigenvalue weighted by Gasteiger charge is -2.29. The van der Waals surface area contributed by atoms with E-state index in [-0.39, 0.29) is 48.8 Å². The Kier molecular flexibility index (Phi) is 9.02. The molecule has 0 spiro atoms. The van der Waals surface area contributed by atoms with Gasteiger partial charge in [-0.2, -0.15) is 4.31 Å². The summed E-state index contributed by atoms with van der Waals surface area (Å²) in [5.41, 5.74) is 0. The van der Waals surface area contributed by atoms with Gasteiger partial charge in [0.15, 0.2) is 5.76 Å². The average molecular weight is 537 g/mol. The van der Waals surface area contributed by atoms with Gasteiger partial charge in [0, 0.05) is 36.9 Å². The second-order valence-corrected chi connectivity index (χ2v) is 11.7. The summed E-state index contributed by atoms with van der Waals surface area (Å²) in [6.45, 7) is 0.285. The quantitative estimate of drug-likeness (QED) is 0.405. The summed E-state index contributed by atoms with van der Waals surface area (Å²) >= 11 is 1.60. The molecule has 1 aliphatic heterocycles. The number of ether oxygens (including phenoxy) is 3. The molecule has 2 N–H and O–H groups in total. The first kappa shape index (κ1) is 26.6. The Labute approximate surface area is 215 Å². The Morgan fingerprint density at radius 3 is 2.64 bits per heavy atom. The van der Waals surface area contributed by atoms with Crippen molar-refractivity contribution < 1.29 is 32.5 Å². The van der Waals surface area contributed by atoms with Crippen LogP contribution in [0.15, 0.2) is 58.5 Å². The molecule has 2 aromatic rings. The van der Waals surface area contributed by atoms with Crippen LogP contribution in [0.25, 0.3) is 0 Å². The number of allylic oxidation sites excluding steroid dienone is 1. The van der Waals surface area contributed by atoms with E-state index < -0.39 is 16.3 Å². The number of rotatable bonds is 13. The van der Waals surface area contributed by atoms with Crippen LogP contribution in [0.2, 0.25) is 0 Å². The smallest absolute Gasteiger partial charge is 0.286 e. The number of sulfonamides is 1. The van der Waals surface area contributed by atoms with Crippen LogP contribution in [-0.4, -0.2) is 70.0 Å². The maximum atomic E-state index is 13.1. The van der Waals surface area contributed by atoms with Gasteiger partial charge in [0.25, 0.3) is 5.91 Å². The Balaban J connectivity index is 1.39. The first-order valence-electron chi connectivity index (χ1n) is 12.0. The van der Waals surface area contributed by atoms with Crippen molar-refractivity contribution in [3.05, 3.63) is 58.5 Å². The first-order chi connectivity index (χ1) is 17.4. The molecule has 11 heteroatoms. The normalized spacial score (nSPS) is 20.0. The molecule has 2 aliphatic rings. The predicted octanol–water partition coefficient (Wildman–Crippen LogP) is 2.70. The third kappa shape index (κ3) is 6.86. The highest BCUT2D eigenvalue weighted by molar-refractivity contribution is 7.89. The molecular weight excluding hydrogens is 504 g/mol. The number of methoxy groups -OCH3 is 1. The van der Waals surface area contributed by atoms with Gasteiger partial charge >= 0.3 is 0 Å². The van der Waals surface area contributed by atoms with Gasteiger partial charge in [0.2, 0.25) is 16.3 Å². The molecule has 2 heterocycles. The molecule has 36 heavy (non-hydrogen) atoms. The predicted molar refractivity (Wildman–Crippen MR) is 135 cm³/mol. The second kappa shape index (κ2) is 12.2. The van der Waals surface area contributed by atoms with Crippen LogP contribution in [0.5, 0.6) is 5.75 Å². The van der Waals surface area contributed by atoms with E-state index in [1.165, 1.54) is 23.5 Å². The maximum absolute atomic E-state index is 13.1. The summed E-state index contributed by atoms with van der Waals surface area (Å²) < 4.78 is 44.3. The average Bonchev–Trinajstić information content (AvgIpc) is 3.56.